The second-order valence-electron chi connectivity index (χ2n) is 6.78. The summed E-state index contributed by atoms with van der Waals surface area (Å²) in [5.74, 6) is 1.34. The number of carbonyl (C=O) groups excluding carboxylic acids is 1. The van der Waals surface area contributed by atoms with Crippen molar-refractivity contribution in [3.63, 3.8) is 0 Å². The van der Waals surface area contributed by atoms with E-state index in [1.54, 1.807) is 6.07 Å². The highest BCUT2D eigenvalue weighted by molar-refractivity contribution is 5.92. The van der Waals surface area contributed by atoms with Gasteiger partial charge in [0.25, 0.3) is 5.91 Å². The van der Waals surface area contributed by atoms with Crippen molar-refractivity contribution >= 4 is 11.9 Å². The van der Waals surface area contributed by atoms with Gasteiger partial charge in [0.2, 0.25) is 5.95 Å². The summed E-state index contributed by atoms with van der Waals surface area (Å²) in [5, 5.41) is 2.94. The van der Waals surface area contributed by atoms with Crippen LogP contribution in [0, 0.1) is 12.8 Å². The highest BCUT2D eigenvalue weighted by atomic mass is 16.1. The molecule has 0 saturated carbocycles. The Morgan fingerprint density at radius 2 is 2.04 bits per heavy atom. The van der Waals surface area contributed by atoms with Crippen LogP contribution in [0.2, 0.25) is 0 Å². The quantitative estimate of drug-likeness (QED) is 0.809. The van der Waals surface area contributed by atoms with Crippen LogP contribution in [0.5, 0.6) is 0 Å². The normalized spacial score (nSPS) is 16.0. The first-order valence-electron chi connectivity index (χ1n) is 8.49. The van der Waals surface area contributed by atoms with Gasteiger partial charge >= 0.3 is 0 Å². The maximum absolute atomic E-state index is 12.3. The molecule has 1 aliphatic heterocycles. The summed E-state index contributed by atoms with van der Waals surface area (Å²) in [6.45, 7) is 7.75. The minimum atomic E-state index is -0.110. The van der Waals surface area contributed by atoms with Crippen LogP contribution in [0.1, 0.15) is 42.4 Å². The zero-order valence-corrected chi connectivity index (χ0v) is 14.8. The molecule has 1 saturated heterocycles. The number of aromatic nitrogens is 2. The summed E-state index contributed by atoms with van der Waals surface area (Å²) in [5.41, 5.74) is 1.31. The molecule has 6 heteroatoms. The van der Waals surface area contributed by atoms with Crippen LogP contribution in [0.3, 0.4) is 0 Å². The van der Waals surface area contributed by atoms with Gasteiger partial charge in [-0.3, -0.25) is 4.79 Å². The molecule has 1 aliphatic rings. The van der Waals surface area contributed by atoms with E-state index in [1.807, 2.05) is 21.0 Å². The van der Waals surface area contributed by atoms with Crippen LogP contribution in [-0.2, 0) is 0 Å². The smallest absolute Gasteiger partial charge is 0.270 e. The molecule has 1 aromatic heterocycles. The number of nitrogens with one attached hydrogen (secondary N) is 1. The van der Waals surface area contributed by atoms with Crippen molar-refractivity contribution in [2.75, 3.05) is 45.2 Å². The van der Waals surface area contributed by atoms with Gasteiger partial charge in [-0.05, 0) is 58.8 Å². The molecule has 2 heterocycles. The van der Waals surface area contributed by atoms with Crippen LogP contribution in [0.15, 0.2) is 6.07 Å². The van der Waals surface area contributed by atoms with E-state index in [0.717, 1.165) is 50.5 Å². The van der Waals surface area contributed by atoms with E-state index in [-0.39, 0.29) is 5.91 Å². The maximum atomic E-state index is 12.3. The number of nitrogens with zero attached hydrogens (tertiary/aromatic N) is 4. The summed E-state index contributed by atoms with van der Waals surface area (Å²) >= 11 is 0. The van der Waals surface area contributed by atoms with Gasteiger partial charge in [-0.25, -0.2) is 9.97 Å². The minimum Gasteiger partial charge on any atom is -0.351 e. The second kappa shape index (κ2) is 8.24. The summed E-state index contributed by atoms with van der Waals surface area (Å²) in [4.78, 5) is 25.6. The lowest BCUT2D eigenvalue weighted by Gasteiger charge is -2.30. The lowest BCUT2D eigenvalue weighted by molar-refractivity contribution is 0.0947. The molecule has 6 nitrogen and oxygen atoms in total. The fraction of sp³-hybridized carbons (Fsp3) is 0.706. The molecular formula is C17H29N5O. The number of hydrogen-bond acceptors (Lipinski definition) is 5. The monoisotopic (exact) mass is 319 g/mol. The van der Waals surface area contributed by atoms with Crippen molar-refractivity contribution in [2.24, 2.45) is 5.92 Å². The molecular weight excluding hydrogens is 290 g/mol. The van der Waals surface area contributed by atoms with E-state index in [4.69, 9.17) is 0 Å². The van der Waals surface area contributed by atoms with Crippen molar-refractivity contribution in [3.05, 3.63) is 17.5 Å². The molecule has 0 aromatic carbocycles. The second-order valence-corrected chi connectivity index (χ2v) is 6.78. The SMILES string of the molecule is Cc1cc(C(=O)NCCCN(C)C)nc(N2CCC(C)CC2)n1. The van der Waals surface area contributed by atoms with Gasteiger partial charge in [-0.15, -0.1) is 0 Å². The molecule has 0 radical (unpaired) electrons. The zero-order valence-electron chi connectivity index (χ0n) is 14.8. The maximum Gasteiger partial charge on any atom is 0.270 e. The van der Waals surface area contributed by atoms with E-state index >= 15 is 0 Å². The Labute approximate surface area is 139 Å². The first-order valence-corrected chi connectivity index (χ1v) is 8.49. The predicted molar refractivity (Wildman–Crippen MR) is 92.9 cm³/mol. The van der Waals surface area contributed by atoms with Gasteiger partial charge in [0.05, 0.1) is 0 Å². The molecule has 0 atom stereocenters. The minimum absolute atomic E-state index is 0.110. The Bertz CT molecular complexity index is 524. The van der Waals surface area contributed by atoms with Crippen molar-refractivity contribution in [3.8, 4) is 0 Å². The molecule has 128 valence electrons. The average Bonchev–Trinajstić information content (AvgIpc) is 2.51. The highest BCUT2D eigenvalue weighted by Crippen LogP contribution is 2.20. The standard InChI is InChI=1S/C17H29N5O/c1-13-6-10-22(11-7-13)17-19-14(2)12-15(20-17)16(23)18-8-5-9-21(3)4/h12-13H,5-11H2,1-4H3,(H,18,23). The molecule has 0 unspecified atom stereocenters. The Morgan fingerprint density at radius 3 is 2.70 bits per heavy atom. The lowest BCUT2D eigenvalue weighted by atomic mass is 10.00. The van der Waals surface area contributed by atoms with Crippen molar-refractivity contribution < 1.29 is 4.79 Å². The topological polar surface area (TPSA) is 61.4 Å². The first kappa shape index (κ1) is 17.7. The lowest BCUT2D eigenvalue weighted by Crippen LogP contribution is -2.35. The molecule has 0 bridgehead atoms. The van der Waals surface area contributed by atoms with Gasteiger partial charge in [-0.2, -0.15) is 0 Å². The third-order valence-corrected chi connectivity index (χ3v) is 4.21. The number of amides is 1. The Kier molecular flexibility index (Phi) is 6.33. The van der Waals surface area contributed by atoms with Crippen LogP contribution < -0.4 is 10.2 Å². The summed E-state index contributed by atoms with van der Waals surface area (Å²) < 4.78 is 0. The number of hydrogen-bond donors (Lipinski definition) is 1. The molecule has 1 aromatic rings. The number of aryl methyl sites for hydroxylation is 1. The van der Waals surface area contributed by atoms with E-state index < -0.39 is 0 Å². The van der Waals surface area contributed by atoms with Gasteiger partial charge < -0.3 is 15.1 Å². The molecule has 1 fully saturated rings. The Morgan fingerprint density at radius 1 is 1.35 bits per heavy atom. The molecule has 1 N–H and O–H groups in total. The van der Waals surface area contributed by atoms with Crippen molar-refractivity contribution in [2.45, 2.75) is 33.1 Å². The van der Waals surface area contributed by atoms with Crippen molar-refractivity contribution in [1.82, 2.24) is 20.2 Å². The van der Waals surface area contributed by atoms with Gasteiger partial charge in [0.15, 0.2) is 0 Å². The average molecular weight is 319 g/mol. The molecule has 0 spiro atoms. The molecule has 23 heavy (non-hydrogen) atoms. The highest BCUT2D eigenvalue weighted by Gasteiger charge is 2.19. The zero-order chi connectivity index (χ0) is 16.8. The fourth-order valence-electron chi connectivity index (χ4n) is 2.71. The number of anilines is 1. The predicted octanol–water partition coefficient (Wildman–Crippen LogP) is 1.70. The van der Waals surface area contributed by atoms with Gasteiger partial charge in [-0.1, -0.05) is 6.92 Å². The summed E-state index contributed by atoms with van der Waals surface area (Å²) in [6, 6.07) is 1.76. The van der Waals surface area contributed by atoms with E-state index in [2.05, 4.69) is 32.0 Å². The van der Waals surface area contributed by atoms with Crippen molar-refractivity contribution in [1.29, 1.82) is 0 Å². The fourth-order valence-corrected chi connectivity index (χ4v) is 2.71. The largest absolute Gasteiger partial charge is 0.351 e. The van der Waals surface area contributed by atoms with Crippen LogP contribution in [0.4, 0.5) is 5.95 Å². The first-order chi connectivity index (χ1) is 11.0. The molecule has 0 aliphatic carbocycles. The van der Waals surface area contributed by atoms with Crippen LogP contribution >= 0.6 is 0 Å². The van der Waals surface area contributed by atoms with E-state index in [1.165, 1.54) is 0 Å². The Hall–Kier alpha value is -1.69. The Balaban J connectivity index is 1.97. The van der Waals surface area contributed by atoms with Gasteiger partial charge in [0, 0.05) is 25.3 Å². The van der Waals surface area contributed by atoms with Crippen LogP contribution in [-0.4, -0.2) is 61.0 Å². The van der Waals surface area contributed by atoms with E-state index in [0.29, 0.717) is 18.2 Å². The van der Waals surface area contributed by atoms with E-state index in [9.17, 15) is 4.79 Å². The molecule has 2 rings (SSSR count). The third-order valence-electron chi connectivity index (χ3n) is 4.21. The van der Waals surface area contributed by atoms with Gasteiger partial charge in [0.1, 0.15) is 5.69 Å². The van der Waals surface area contributed by atoms with Crippen LogP contribution in [0.25, 0.3) is 0 Å². The summed E-state index contributed by atoms with van der Waals surface area (Å²) in [6.07, 6.45) is 3.24. The summed E-state index contributed by atoms with van der Waals surface area (Å²) in [7, 11) is 4.06. The number of carbonyl (C=O) groups is 1. The molecule has 1 amide bonds. The third kappa shape index (κ3) is 5.46. The number of rotatable bonds is 6. The number of piperidine rings is 1.